The third-order valence-electron chi connectivity index (χ3n) is 13.4. The average Bonchev–Trinajstić information content (AvgIpc) is 4.14. The first-order valence-corrected chi connectivity index (χ1v) is 22.9. The lowest BCUT2D eigenvalue weighted by molar-refractivity contribution is 0.771. The largest absolute Gasteiger partial charge is 0.310 e. The summed E-state index contributed by atoms with van der Waals surface area (Å²) in [5, 5.41) is 1.70. The van der Waals surface area contributed by atoms with Crippen LogP contribution >= 0.6 is 0 Å². The van der Waals surface area contributed by atoms with E-state index in [0.717, 1.165) is 89.4 Å². The van der Waals surface area contributed by atoms with E-state index in [9.17, 15) is 5.48 Å². The molecule has 68 heavy (non-hydrogen) atoms. The molecule has 3 nitrogen and oxygen atoms in total. The quantitative estimate of drug-likeness (QED) is 0.143. The van der Waals surface area contributed by atoms with Crippen molar-refractivity contribution in [1.29, 1.82) is 0 Å². The van der Waals surface area contributed by atoms with Gasteiger partial charge in [0, 0.05) is 50.6 Å². The van der Waals surface area contributed by atoms with E-state index in [1.165, 1.54) is 0 Å². The van der Waals surface area contributed by atoms with Crippen molar-refractivity contribution < 1.29 is 9.60 Å². The molecule has 0 aliphatic heterocycles. The lowest BCUT2D eigenvalue weighted by atomic mass is 9.67. The van der Waals surface area contributed by atoms with Crippen LogP contribution in [0.4, 0.5) is 34.1 Å². The van der Waals surface area contributed by atoms with E-state index < -0.39 is 29.6 Å². The molecular weight excluding hydrogens is 823 g/mol. The molecule has 0 radical (unpaired) electrons. The predicted octanol–water partition coefficient (Wildman–Crippen LogP) is 17.2. The Labute approximate surface area is 406 Å². The summed E-state index contributed by atoms with van der Waals surface area (Å²) in [6, 6.07) is 75.8. The van der Waals surface area contributed by atoms with Gasteiger partial charge in [-0.3, -0.25) is 0 Å². The van der Waals surface area contributed by atoms with Gasteiger partial charge in [-0.15, -0.1) is 0 Å². The van der Waals surface area contributed by atoms with E-state index in [-0.39, 0.29) is 34.5 Å². The highest BCUT2D eigenvalue weighted by Gasteiger charge is 2.47. The van der Waals surface area contributed by atoms with E-state index in [2.05, 4.69) is 142 Å². The fourth-order valence-corrected chi connectivity index (χ4v) is 10.5. The van der Waals surface area contributed by atoms with Crippen LogP contribution in [0.15, 0.2) is 273 Å². The molecule has 320 valence electrons. The Morgan fingerprint density at radius 2 is 0.824 bits per heavy atom. The summed E-state index contributed by atoms with van der Waals surface area (Å²) in [7, 11) is 0. The normalized spacial score (nSPS) is 14.0. The molecule has 13 rings (SSSR count). The van der Waals surface area contributed by atoms with Gasteiger partial charge < -0.3 is 14.4 Å². The van der Waals surface area contributed by atoms with Gasteiger partial charge in [-0.1, -0.05) is 164 Å². The van der Waals surface area contributed by atoms with Gasteiger partial charge in [0.25, 0.3) is 0 Å². The van der Waals surface area contributed by atoms with Crippen LogP contribution in [-0.4, -0.2) is 4.57 Å². The van der Waals surface area contributed by atoms with Gasteiger partial charge >= 0.3 is 0 Å². The second kappa shape index (κ2) is 16.2. The molecule has 1 heterocycles. The number of anilines is 6. The standard InChI is InChI=1S/C65H45N3/c1-6-22-50(23-7-1)66(51-24-8-2-9-25-51)55-37-39-61-58(44-55)59-45-56(67(52-26-10-3-11-27-52)53-28-12-4-13-29-53)38-40-62(59)65(61,48-35-34-46-20-16-17-21-47(46)42-48)49-36-41-64-60(43-49)57-32-18-19-33-63(57)68(64)54-30-14-5-15-31-54/h1-45H/i16D,17D,20D,21D,34D,35D,42D. The summed E-state index contributed by atoms with van der Waals surface area (Å²) in [5.41, 5.74) is 11.1. The van der Waals surface area contributed by atoms with Gasteiger partial charge in [0.2, 0.25) is 0 Å². The number of hydrogen-bond donors (Lipinski definition) is 0. The number of fused-ring (bicyclic) bond motifs is 7. The fourth-order valence-electron chi connectivity index (χ4n) is 10.5. The molecule has 0 atom stereocenters. The summed E-state index contributed by atoms with van der Waals surface area (Å²) in [6.07, 6.45) is 0. The number of rotatable bonds is 9. The summed E-state index contributed by atoms with van der Waals surface area (Å²) >= 11 is 0. The van der Waals surface area contributed by atoms with Gasteiger partial charge in [-0.25, -0.2) is 0 Å². The zero-order valence-corrected chi connectivity index (χ0v) is 36.8. The van der Waals surface area contributed by atoms with Crippen molar-refractivity contribution in [1.82, 2.24) is 4.57 Å². The molecule has 12 aromatic rings. The van der Waals surface area contributed by atoms with Crippen LogP contribution < -0.4 is 9.80 Å². The van der Waals surface area contributed by atoms with E-state index >= 15 is 0 Å². The Hall–Kier alpha value is -8.92. The molecular formula is C65H45N3. The molecule has 0 saturated heterocycles. The molecule has 0 unspecified atom stereocenters. The van der Waals surface area contributed by atoms with Crippen LogP contribution in [0, 0.1) is 0 Å². The second-order valence-electron chi connectivity index (χ2n) is 17.1. The first-order chi connectivity index (χ1) is 36.7. The molecule has 0 bridgehead atoms. The summed E-state index contributed by atoms with van der Waals surface area (Å²) in [6.45, 7) is 0. The fraction of sp³-hybridized carbons (Fsp3) is 0.0154. The molecule has 1 aliphatic rings. The lowest BCUT2D eigenvalue weighted by Gasteiger charge is -2.35. The lowest BCUT2D eigenvalue weighted by Crippen LogP contribution is -2.28. The molecule has 3 heteroatoms. The smallest absolute Gasteiger partial charge is 0.0714 e. The van der Waals surface area contributed by atoms with E-state index in [1.807, 2.05) is 103 Å². The van der Waals surface area contributed by atoms with Crippen molar-refractivity contribution in [3.05, 3.63) is 295 Å². The molecule has 0 fully saturated rings. The van der Waals surface area contributed by atoms with Gasteiger partial charge in [-0.05, 0) is 153 Å². The average molecular weight is 875 g/mol. The minimum absolute atomic E-state index is 0.0972. The maximum Gasteiger partial charge on any atom is 0.0714 e. The number of para-hydroxylation sites is 6. The van der Waals surface area contributed by atoms with Gasteiger partial charge in [-0.2, -0.15) is 0 Å². The van der Waals surface area contributed by atoms with Crippen LogP contribution in [0.3, 0.4) is 0 Å². The van der Waals surface area contributed by atoms with Crippen molar-refractivity contribution in [3.8, 4) is 16.8 Å². The van der Waals surface area contributed by atoms with Crippen molar-refractivity contribution in [2.45, 2.75) is 5.41 Å². The van der Waals surface area contributed by atoms with Crippen LogP contribution in [-0.2, 0) is 5.41 Å². The van der Waals surface area contributed by atoms with Crippen LogP contribution in [0.5, 0.6) is 0 Å². The first-order valence-electron chi connectivity index (χ1n) is 26.4. The molecule has 1 aromatic heterocycles. The second-order valence-corrected chi connectivity index (χ2v) is 17.1. The van der Waals surface area contributed by atoms with E-state index in [4.69, 9.17) is 4.11 Å². The Morgan fingerprint density at radius 1 is 0.353 bits per heavy atom. The number of nitrogens with zero attached hydrogens (tertiary/aromatic N) is 3. The van der Waals surface area contributed by atoms with Crippen LogP contribution in [0.1, 0.15) is 31.8 Å². The first kappa shape index (κ1) is 32.7. The maximum absolute atomic E-state index is 10.4. The maximum atomic E-state index is 10.4. The van der Waals surface area contributed by atoms with E-state index in [1.54, 1.807) is 0 Å². The Balaban J connectivity index is 1.19. The summed E-state index contributed by atoms with van der Waals surface area (Å²) < 4.78 is 68.6. The Morgan fingerprint density at radius 3 is 1.37 bits per heavy atom. The van der Waals surface area contributed by atoms with Crippen LogP contribution in [0.25, 0.3) is 49.4 Å². The minimum atomic E-state index is -1.49. The topological polar surface area (TPSA) is 11.4 Å². The monoisotopic (exact) mass is 874 g/mol. The Kier molecular flexibility index (Phi) is 7.79. The third kappa shape index (κ3) is 6.28. The highest BCUT2D eigenvalue weighted by atomic mass is 15.1. The number of hydrogen-bond acceptors (Lipinski definition) is 2. The van der Waals surface area contributed by atoms with Crippen molar-refractivity contribution in [2.75, 3.05) is 9.80 Å². The number of aromatic nitrogens is 1. The summed E-state index contributed by atoms with van der Waals surface area (Å²) in [4.78, 5) is 4.43. The number of benzene rings is 11. The minimum Gasteiger partial charge on any atom is -0.310 e. The zero-order chi connectivity index (χ0) is 51.1. The predicted molar refractivity (Wildman–Crippen MR) is 285 cm³/mol. The highest BCUT2D eigenvalue weighted by Crippen LogP contribution is 2.59. The molecule has 1 aliphatic carbocycles. The molecule has 0 N–H and O–H groups in total. The van der Waals surface area contributed by atoms with Crippen molar-refractivity contribution >= 4 is 66.7 Å². The van der Waals surface area contributed by atoms with E-state index in [0.29, 0.717) is 0 Å². The van der Waals surface area contributed by atoms with Crippen LogP contribution in [0.2, 0.25) is 0 Å². The zero-order valence-electron chi connectivity index (χ0n) is 43.8. The van der Waals surface area contributed by atoms with Crippen molar-refractivity contribution in [3.63, 3.8) is 0 Å². The van der Waals surface area contributed by atoms with Gasteiger partial charge in [0.15, 0.2) is 0 Å². The molecule has 0 spiro atoms. The van der Waals surface area contributed by atoms with Gasteiger partial charge in [0.1, 0.15) is 0 Å². The van der Waals surface area contributed by atoms with Crippen molar-refractivity contribution in [2.24, 2.45) is 0 Å². The summed E-state index contributed by atoms with van der Waals surface area (Å²) in [5.74, 6) is 0. The molecule has 0 saturated carbocycles. The molecule has 0 amide bonds. The Bertz CT molecular complexity index is 4000. The molecule has 11 aromatic carbocycles. The SMILES string of the molecule is [2H]c1c([2H])c([2H])c2c([2H])c(C3(c4ccc5c(c4)c4ccccc4n5-c4ccccc4)c4ccc(N(c5ccccc5)c5ccccc5)cc4-c4cc(N(c5ccccc5)c5ccccc5)ccc43)c([2H])c([2H])c2c1[2H]. The highest BCUT2D eigenvalue weighted by molar-refractivity contribution is 6.10. The van der Waals surface area contributed by atoms with Gasteiger partial charge in [0.05, 0.1) is 26.0 Å². The third-order valence-corrected chi connectivity index (χ3v) is 13.4.